The molecule has 0 unspecified atom stereocenters. The number of rotatable bonds is 8. The fourth-order valence-electron chi connectivity index (χ4n) is 5.11. The number of nitrogens with zero attached hydrogens (tertiary/aromatic N) is 1. The number of benzene rings is 1. The van der Waals surface area contributed by atoms with Crippen molar-refractivity contribution in [3.63, 3.8) is 0 Å². The van der Waals surface area contributed by atoms with Crippen molar-refractivity contribution in [1.82, 2.24) is 15.6 Å². The number of aromatic nitrogens is 1. The Balaban J connectivity index is 1.50. The molecule has 1 fully saturated rings. The molecule has 7 heteroatoms. The molecule has 1 aliphatic heterocycles. The summed E-state index contributed by atoms with van der Waals surface area (Å²) >= 11 is 0. The van der Waals surface area contributed by atoms with Crippen molar-refractivity contribution >= 4 is 6.09 Å². The lowest BCUT2D eigenvalue weighted by Gasteiger charge is -2.47. The number of hydrogen-bond acceptors (Lipinski definition) is 6. The smallest absolute Gasteiger partial charge is 0.407 e. The number of methoxy groups -OCH3 is 1. The molecule has 1 aliphatic carbocycles. The number of fused-ring (bicyclic) bond motifs is 1. The van der Waals surface area contributed by atoms with E-state index in [1.54, 1.807) is 0 Å². The van der Waals surface area contributed by atoms with Gasteiger partial charge in [-0.05, 0) is 54.7 Å². The van der Waals surface area contributed by atoms with Gasteiger partial charge in [-0.1, -0.05) is 51.1 Å². The normalized spacial score (nSPS) is 20.2. The first kappa shape index (κ1) is 25.5. The van der Waals surface area contributed by atoms with E-state index < -0.39 is 18.2 Å². The highest BCUT2D eigenvalue weighted by Crippen LogP contribution is 2.48. The summed E-state index contributed by atoms with van der Waals surface area (Å²) in [7, 11) is 1.33. The molecule has 0 saturated heterocycles. The Kier molecular flexibility index (Phi) is 7.67. The molecule has 35 heavy (non-hydrogen) atoms. The lowest BCUT2D eigenvalue weighted by Crippen LogP contribution is -2.52. The maximum absolute atomic E-state index is 12.0. The van der Waals surface area contributed by atoms with E-state index in [1.165, 1.54) is 12.7 Å². The second-order valence-corrected chi connectivity index (χ2v) is 11.3. The zero-order valence-corrected chi connectivity index (χ0v) is 21.3. The topological polar surface area (TPSA) is 92.7 Å². The number of pyridine rings is 1. The van der Waals surface area contributed by atoms with Gasteiger partial charge < -0.3 is 25.2 Å². The van der Waals surface area contributed by atoms with Crippen molar-refractivity contribution in [2.75, 3.05) is 13.7 Å². The van der Waals surface area contributed by atoms with Crippen LogP contribution in [0.15, 0.2) is 42.6 Å². The molecule has 1 amide bonds. The minimum absolute atomic E-state index is 0.0246. The summed E-state index contributed by atoms with van der Waals surface area (Å²) in [5.41, 5.74) is 3.27. The minimum Gasteiger partial charge on any atom is -0.471 e. The van der Waals surface area contributed by atoms with Crippen LogP contribution in [0.5, 0.6) is 5.88 Å². The highest BCUT2D eigenvalue weighted by atomic mass is 16.5. The van der Waals surface area contributed by atoms with Crippen LogP contribution in [0.4, 0.5) is 4.79 Å². The maximum atomic E-state index is 12.0. The number of ether oxygens (including phenoxy) is 2. The van der Waals surface area contributed by atoms with Crippen molar-refractivity contribution in [1.29, 1.82) is 0 Å². The van der Waals surface area contributed by atoms with Crippen molar-refractivity contribution in [2.24, 2.45) is 5.41 Å². The number of aliphatic hydroxyl groups is 1. The zero-order valence-electron chi connectivity index (χ0n) is 21.3. The van der Waals surface area contributed by atoms with E-state index in [2.05, 4.69) is 37.5 Å². The van der Waals surface area contributed by atoms with Crippen LogP contribution in [0.1, 0.15) is 69.2 Å². The second kappa shape index (κ2) is 10.5. The molecule has 1 spiro atoms. The molecule has 1 aromatic heterocycles. The maximum Gasteiger partial charge on any atom is 0.407 e. The van der Waals surface area contributed by atoms with Gasteiger partial charge in [0.05, 0.1) is 19.3 Å². The fraction of sp³-hybridized carbons (Fsp3) is 0.571. The van der Waals surface area contributed by atoms with E-state index in [1.807, 2.05) is 36.5 Å². The number of carbonyl (C=O) groups is 1. The summed E-state index contributed by atoms with van der Waals surface area (Å²) in [6, 6.07) is 11.6. The number of carbonyl (C=O) groups excluding carboxylic acids is 1. The highest BCUT2D eigenvalue weighted by molar-refractivity contribution is 5.67. The van der Waals surface area contributed by atoms with Gasteiger partial charge in [0.1, 0.15) is 5.60 Å². The van der Waals surface area contributed by atoms with Crippen LogP contribution >= 0.6 is 0 Å². The molecule has 0 radical (unpaired) electrons. The number of amides is 1. The molecule has 2 aliphatic rings. The predicted molar refractivity (Wildman–Crippen MR) is 135 cm³/mol. The van der Waals surface area contributed by atoms with Gasteiger partial charge in [-0.2, -0.15) is 0 Å². The third-order valence-electron chi connectivity index (χ3n) is 7.02. The minimum atomic E-state index is -0.802. The summed E-state index contributed by atoms with van der Waals surface area (Å²) < 4.78 is 11.2. The molecule has 2 aromatic rings. The lowest BCUT2D eigenvalue weighted by atomic mass is 9.73. The van der Waals surface area contributed by atoms with E-state index in [0.717, 1.165) is 43.2 Å². The first-order valence-electron chi connectivity index (χ1n) is 12.6. The summed E-state index contributed by atoms with van der Waals surface area (Å²) in [4.78, 5) is 16.7. The number of alkyl carbamates (subject to hydrolysis) is 1. The van der Waals surface area contributed by atoms with E-state index in [-0.39, 0.29) is 17.1 Å². The van der Waals surface area contributed by atoms with Gasteiger partial charge in [0.2, 0.25) is 5.88 Å². The molecular weight excluding hydrogens is 442 g/mol. The Morgan fingerprint density at radius 2 is 2.00 bits per heavy atom. The third-order valence-corrected chi connectivity index (χ3v) is 7.02. The average Bonchev–Trinajstić information content (AvgIpc) is 2.80. The summed E-state index contributed by atoms with van der Waals surface area (Å²) in [6.45, 7) is 6.99. The summed E-state index contributed by atoms with van der Waals surface area (Å²) in [5, 5.41) is 17.5. The molecule has 1 saturated carbocycles. The van der Waals surface area contributed by atoms with Crippen LogP contribution in [0.2, 0.25) is 0 Å². The Hall–Kier alpha value is -2.64. The van der Waals surface area contributed by atoms with Crippen LogP contribution in [0.25, 0.3) is 0 Å². The van der Waals surface area contributed by atoms with Gasteiger partial charge in [0.25, 0.3) is 0 Å². The van der Waals surface area contributed by atoms with Gasteiger partial charge >= 0.3 is 6.09 Å². The van der Waals surface area contributed by atoms with Gasteiger partial charge in [-0.15, -0.1) is 0 Å². The van der Waals surface area contributed by atoms with Crippen molar-refractivity contribution < 1.29 is 19.4 Å². The van der Waals surface area contributed by atoms with E-state index in [0.29, 0.717) is 18.8 Å². The molecule has 2 heterocycles. The molecule has 0 bridgehead atoms. The Bertz CT molecular complexity index is 1000. The van der Waals surface area contributed by atoms with Crippen LogP contribution in [0, 0.1) is 5.41 Å². The monoisotopic (exact) mass is 481 g/mol. The first-order valence-corrected chi connectivity index (χ1v) is 12.6. The largest absolute Gasteiger partial charge is 0.471 e. The molecule has 3 atom stereocenters. The summed E-state index contributed by atoms with van der Waals surface area (Å²) in [6.07, 6.45) is 6.08. The second-order valence-electron chi connectivity index (χ2n) is 11.3. The van der Waals surface area contributed by atoms with Crippen molar-refractivity contribution in [3.8, 4) is 5.88 Å². The number of hydrogen-bond donors (Lipinski definition) is 3. The Morgan fingerprint density at radius 1 is 1.26 bits per heavy atom. The van der Waals surface area contributed by atoms with Gasteiger partial charge in [0.15, 0.2) is 0 Å². The first-order chi connectivity index (χ1) is 16.7. The van der Waals surface area contributed by atoms with Crippen LogP contribution in [-0.2, 0) is 17.6 Å². The molecule has 190 valence electrons. The SMILES string of the molecule is COC(=O)N[C@@H](Cc1ccccc1)[C@H](O)CN[C@H]1CC2(CCC2)Oc2ncc(CC(C)(C)C)cc21. The van der Waals surface area contributed by atoms with Crippen molar-refractivity contribution in [2.45, 2.75) is 83.1 Å². The molecule has 3 N–H and O–H groups in total. The molecule has 4 rings (SSSR count). The predicted octanol–water partition coefficient (Wildman–Crippen LogP) is 4.33. The van der Waals surface area contributed by atoms with Crippen LogP contribution in [-0.4, -0.2) is 47.6 Å². The summed E-state index contributed by atoms with van der Waals surface area (Å²) in [5.74, 6) is 0.703. The zero-order chi connectivity index (χ0) is 25.1. The van der Waals surface area contributed by atoms with E-state index in [4.69, 9.17) is 14.5 Å². The number of nitrogens with one attached hydrogen (secondary N) is 2. The Morgan fingerprint density at radius 3 is 2.63 bits per heavy atom. The molecule has 7 nitrogen and oxygen atoms in total. The van der Waals surface area contributed by atoms with E-state index in [9.17, 15) is 9.90 Å². The molecule has 1 aromatic carbocycles. The third kappa shape index (κ3) is 6.53. The Labute approximate surface area is 208 Å². The standard InChI is InChI=1S/C28H39N3O4/c1-27(2,3)15-20-13-21-23(16-28(11-8-12-28)35-25(21)30-17-20)29-18-24(32)22(31-26(33)34-4)14-19-9-6-5-7-10-19/h5-7,9-10,13,17,22-24,29,32H,8,11-12,14-16,18H2,1-4H3,(H,31,33)/t22-,23-,24+/m0/s1. The number of aliphatic hydroxyl groups excluding tert-OH is 1. The quantitative estimate of drug-likeness (QED) is 0.520. The fourth-order valence-corrected chi connectivity index (χ4v) is 5.11. The lowest BCUT2D eigenvalue weighted by molar-refractivity contribution is -0.0421. The van der Waals surface area contributed by atoms with Gasteiger partial charge in [0, 0.05) is 30.8 Å². The van der Waals surface area contributed by atoms with E-state index >= 15 is 0 Å². The van der Waals surface area contributed by atoms with Gasteiger partial charge in [-0.3, -0.25) is 0 Å². The van der Waals surface area contributed by atoms with Crippen LogP contribution in [0.3, 0.4) is 0 Å². The van der Waals surface area contributed by atoms with Crippen molar-refractivity contribution in [3.05, 3.63) is 59.3 Å². The highest BCUT2D eigenvalue weighted by Gasteiger charge is 2.46. The average molecular weight is 482 g/mol. The van der Waals surface area contributed by atoms with Gasteiger partial charge in [-0.25, -0.2) is 9.78 Å². The van der Waals surface area contributed by atoms with Crippen LogP contribution < -0.4 is 15.4 Å². The molecular formula is C28H39N3O4.